The van der Waals surface area contributed by atoms with Crippen molar-refractivity contribution in [3.8, 4) is 0 Å². The van der Waals surface area contributed by atoms with Gasteiger partial charge in [-0.05, 0) is 43.7 Å². The molecule has 0 radical (unpaired) electrons. The third-order valence-corrected chi connectivity index (χ3v) is 2.87. The normalized spacial score (nSPS) is 19.7. The average Bonchev–Trinajstić information content (AvgIpc) is 2.33. The molecule has 2 N–H and O–H groups in total. The van der Waals surface area contributed by atoms with Crippen LogP contribution in [0.25, 0.3) is 0 Å². The molecule has 1 saturated heterocycles. The Morgan fingerprint density at radius 1 is 1.41 bits per heavy atom. The van der Waals surface area contributed by atoms with Crippen LogP contribution in [0.4, 0.5) is 10.5 Å². The zero-order chi connectivity index (χ0) is 12.1. The molecular formula is C12H15ClN2O2. The second-order valence-corrected chi connectivity index (χ2v) is 4.44. The fourth-order valence-corrected chi connectivity index (χ4v) is 1.88. The molecule has 1 aliphatic rings. The standard InChI is InChI=1S/C12H15ClN2O2/c13-9-3-5-10(6-4-9)15-12(16)17-11-2-1-7-14-8-11/h3-6,11,14H,1-2,7-8H2,(H,15,16)/t11-/m1/s1. The molecule has 0 bridgehead atoms. The quantitative estimate of drug-likeness (QED) is 0.853. The SMILES string of the molecule is O=C(Nc1ccc(Cl)cc1)O[C@@H]1CCCNC1. The van der Waals surface area contributed by atoms with E-state index < -0.39 is 6.09 Å². The number of anilines is 1. The van der Waals surface area contributed by atoms with Crippen molar-refractivity contribution in [3.63, 3.8) is 0 Å². The molecule has 0 spiro atoms. The highest BCUT2D eigenvalue weighted by atomic mass is 35.5. The molecule has 1 atom stereocenters. The van der Waals surface area contributed by atoms with E-state index in [1.165, 1.54) is 0 Å². The number of hydrogen-bond donors (Lipinski definition) is 2. The van der Waals surface area contributed by atoms with Crippen molar-refractivity contribution in [2.75, 3.05) is 18.4 Å². The van der Waals surface area contributed by atoms with Gasteiger partial charge in [-0.15, -0.1) is 0 Å². The fourth-order valence-electron chi connectivity index (χ4n) is 1.75. The molecule has 1 aliphatic heterocycles. The Morgan fingerprint density at radius 2 is 2.18 bits per heavy atom. The third kappa shape index (κ3) is 3.91. The highest BCUT2D eigenvalue weighted by Crippen LogP contribution is 2.14. The molecule has 1 aromatic carbocycles. The van der Waals surface area contributed by atoms with E-state index >= 15 is 0 Å². The molecule has 17 heavy (non-hydrogen) atoms. The zero-order valence-corrected chi connectivity index (χ0v) is 10.2. The maximum Gasteiger partial charge on any atom is 0.411 e. The summed E-state index contributed by atoms with van der Waals surface area (Å²) in [5.41, 5.74) is 0.683. The topological polar surface area (TPSA) is 50.4 Å². The van der Waals surface area contributed by atoms with E-state index in [4.69, 9.17) is 16.3 Å². The van der Waals surface area contributed by atoms with E-state index in [0.29, 0.717) is 10.7 Å². The van der Waals surface area contributed by atoms with Crippen LogP contribution in [0.15, 0.2) is 24.3 Å². The second kappa shape index (κ2) is 5.89. The Bertz CT molecular complexity index is 375. The van der Waals surface area contributed by atoms with E-state index in [1.54, 1.807) is 24.3 Å². The van der Waals surface area contributed by atoms with Gasteiger partial charge in [0.25, 0.3) is 0 Å². The van der Waals surface area contributed by atoms with Gasteiger partial charge in [0.1, 0.15) is 6.10 Å². The smallest absolute Gasteiger partial charge is 0.411 e. The molecule has 4 nitrogen and oxygen atoms in total. The molecule has 0 saturated carbocycles. The number of hydrogen-bond acceptors (Lipinski definition) is 3. The first-order chi connectivity index (χ1) is 8.24. The molecular weight excluding hydrogens is 240 g/mol. The van der Waals surface area contributed by atoms with E-state index in [-0.39, 0.29) is 6.10 Å². The molecule has 1 heterocycles. The summed E-state index contributed by atoms with van der Waals surface area (Å²) >= 11 is 5.75. The first kappa shape index (κ1) is 12.2. The lowest BCUT2D eigenvalue weighted by Crippen LogP contribution is -2.37. The van der Waals surface area contributed by atoms with Crippen LogP contribution in [0.3, 0.4) is 0 Å². The minimum absolute atomic E-state index is 0.0314. The number of carbonyl (C=O) groups is 1. The van der Waals surface area contributed by atoms with Gasteiger partial charge in [-0.2, -0.15) is 0 Å². The molecule has 0 aromatic heterocycles. The number of amides is 1. The number of nitrogens with one attached hydrogen (secondary N) is 2. The van der Waals surface area contributed by atoms with Crippen molar-refractivity contribution in [2.24, 2.45) is 0 Å². The van der Waals surface area contributed by atoms with Crippen molar-refractivity contribution >= 4 is 23.4 Å². The molecule has 5 heteroatoms. The molecule has 0 unspecified atom stereocenters. The lowest BCUT2D eigenvalue weighted by molar-refractivity contribution is 0.0941. The Balaban J connectivity index is 1.82. The number of rotatable bonds is 2. The largest absolute Gasteiger partial charge is 0.445 e. The van der Waals surface area contributed by atoms with Crippen LogP contribution in [-0.2, 0) is 4.74 Å². The van der Waals surface area contributed by atoms with Crippen molar-refractivity contribution in [3.05, 3.63) is 29.3 Å². The van der Waals surface area contributed by atoms with Gasteiger partial charge >= 0.3 is 6.09 Å². The monoisotopic (exact) mass is 254 g/mol. The summed E-state index contributed by atoms with van der Waals surface area (Å²) in [5.74, 6) is 0. The summed E-state index contributed by atoms with van der Waals surface area (Å²) in [7, 11) is 0. The van der Waals surface area contributed by atoms with Crippen LogP contribution in [0.2, 0.25) is 5.02 Å². The third-order valence-electron chi connectivity index (χ3n) is 2.62. The summed E-state index contributed by atoms with van der Waals surface area (Å²) in [5, 5.41) is 6.50. The van der Waals surface area contributed by atoms with Gasteiger partial charge in [-0.3, -0.25) is 5.32 Å². The summed E-state index contributed by atoms with van der Waals surface area (Å²) in [6.07, 6.45) is 1.51. The maximum atomic E-state index is 11.6. The fraction of sp³-hybridized carbons (Fsp3) is 0.417. The van der Waals surface area contributed by atoms with Crippen molar-refractivity contribution in [2.45, 2.75) is 18.9 Å². The number of piperidine rings is 1. The second-order valence-electron chi connectivity index (χ2n) is 4.01. The molecule has 92 valence electrons. The minimum Gasteiger partial charge on any atom is -0.445 e. The van der Waals surface area contributed by atoms with E-state index in [1.807, 2.05) is 0 Å². The number of ether oxygens (including phenoxy) is 1. The molecule has 2 rings (SSSR count). The lowest BCUT2D eigenvalue weighted by atomic mass is 10.1. The predicted octanol–water partition coefficient (Wildman–Crippen LogP) is 2.64. The average molecular weight is 255 g/mol. The van der Waals surface area contributed by atoms with E-state index in [2.05, 4.69) is 10.6 Å². The predicted molar refractivity (Wildman–Crippen MR) is 67.4 cm³/mol. The Morgan fingerprint density at radius 3 is 2.82 bits per heavy atom. The van der Waals surface area contributed by atoms with Crippen LogP contribution in [0, 0.1) is 0 Å². The number of carbonyl (C=O) groups excluding carboxylic acids is 1. The first-order valence-electron chi connectivity index (χ1n) is 5.68. The minimum atomic E-state index is -0.416. The van der Waals surface area contributed by atoms with Crippen LogP contribution >= 0.6 is 11.6 Å². The van der Waals surface area contributed by atoms with Crippen molar-refractivity contribution < 1.29 is 9.53 Å². The Hall–Kier alpha value is -1.26. The van der Waals surface area contributed by atoms with Gasteiger partial charge in [0, 0.05) is 17.3 Å². The molecule has 0 aliphatic carbocycles. The van der Waals surface area contributed by atoms with Gasteiger partial charge < -0.3 is 10.1 Å². The highest BCUT2D eigenvalue weighted by molar-refractivity contribution is 6.30. The Labute approximate surface area is 105 Å². The van der Waals surface area contributed by atoms with Crippen LogP contribution in [-0.4, -0.2) is 25.3 Å². The van der Waals surface area contributed by atoms with E-state index in [9.17, 15) is 4.79 Å². The zero-order valence-electron chi connectivity index (χ0n) is 9.41. The van der Waals surface area contributed by atoms with Crippen molar-refractivity contribution in [1.29, 1.82) is 0 Å². The first-order valence-corrected chi connectivity index (χ1v) is 6.06. The van der Waals surface area contributed by atoms with Gasteiger partial charge in [0.15, 0.2) is 0 Å². The number of halogens is 1. The van der Waals surface area contributed by atoms with Crippen LogP contribution in [0.5, 0.6) is 0 Å². The van der Waals surface area contributed by atoms with Gasteiger partial charge in [0.2, 0.25) is 0 Å². The molecule has 1 aromatic rings. The lowest BCUT2D eigenvalue weighted by Gasteiger charge is -2.22. The summed E-state index contributed by atoms with van der Waals surface area (Å²) < 4.78 is 5.28. The highest BCUT2D eigenvalue weighted by Gasteiger charge is 2.17. The maximum absolute atomic E-state index is 11.6. The van der Waals surface area contributed by atoms with Crippen LogP contribution < -0.4 is 10.6 Å². The van der Waals surface area contributed by atoms with Gasteiger partial charge in [-0.25, -0.2) is 4.79 Å². The van der Waals surface area contributed by atoms with Gasteiger partial charge in [0.05, 0.1) is 0 Å². The van der Waals surface area contributed by atoms with Gasteiger partial charge in [-0.1, -0.05) is 11.6 Å². The number of benzene rings is 1. The summed E-state index contributed by atoms with van der Waals surface area (Å²) in [6.45, 7) is 1.73. The van der Waals surface area contributed by atoms with Crippen LogP contribution in [0.1, 0.15) is 12.8 Å². The molecule has 1 amide bonds. The molecule has 1 fully saturated rings. The summed E-state index contributed by atoms with van der Waals surface area (Å²) in [6, 6.07) is 6.92. The Kier molecular flexibility index (Phi) is 4.23. The summed E-state index contributed by atoms with van der Waals surface area (Å²) in [4.78, 5) is 11.6. The van der Waals surface area contributed by atoms with Crippen molar-refractivity contribution in [1.82, 2.24) is 5.32 Å². The van der Waals surface area contributed by atoms with E-state index in [0.717, 1.165) is 25.9 Å².